The fourth-order valence-corrected chi connectivity index (χ4v) is 3.01. The molecule has 8 heteroatoms. The van der Waals surface area contributed by atoms with Crippen molar-refractivity contribution in [3.63, 3.8) is 0 Å². The molecule has 0 aliphatic carbocycles. The molecule has 1 unspecified atom stereocenters. The molecule has 3 heterocycles. The number of hydrogen-bond acceptors (Lipinski definition) is 5. The van der Waals surface area contributed by atoms with Crippen LogP contribution in [-0.4, -0.2) is 35.5 Å². The summed E-state index contributed by atoms with van der Waals surface area (Å²) in [6, 6.07) is 5.94. The Bertz CT molecular complexity index is 728. The highest BCUT2D eigenvalue weighted by Gasteiger charge is 2.20. The minimum absolute atomic E-state index is 0. The van der Waals surface area contributed by atoms with Crippen molar-refractivity contribution in [2.24, 2.45) is 0 Å². The summed E-state index contributed by atoms with van der Waals surface area (Å²) in [5, 5.41) is 13.1. The van der Waals surface area contributed by atoms with E-state index in [1.807, 2.05) is 18.2 Å². The Labute approximate surface area is 145 Å². The van der Waals surface area contributed by atoms with E-state index in [9.17, 15) is 4.79 Å². The first-order valence-corrected chi connectivity index (χ1v) is 7.76. The van der Waals surface area contributed by atoms with E-state index in [2.05, 4.69) is 20.8 Å². The summed E-state index contributed by atoms with van der Waals surface area (Å²) in [5.41, 5.74) is 1.74. The first kappa shape index (κ1) is 16.6. The van der Waals surface area contributed by atoms with E-state index in [0.29, 0.717) is 18.0 Å². The minimum atomic E-state index is -0.0179. The van der Waals surface area contributed by atoms with Crippen LogP contribution in [0.4, 0.5) is 5.82 Å². The molecule has 0 bridgehead atoms. The predicted octanol–water partition coefficient (Wildman–Crippen LogP) is 2.31. The van der Waals surface area contributed by atoms with Gasteiger partial charge in [0.2, 0.25) is 12.7 Å². The van der Waals surface area contributed by atoms with E-state index in [1.165, 1.54) is 0 Å². The Hall–Kier alpha value is -2.25. The maximum absolute atomic E-state index is 12.2. The zero-order chi connectivity index (χ0) is 15.6. The van der Waals surface area contributed by atoms with Gasteiger partial charge in [0.1, 0.15) is 5.82 Å². The molecule has 7 nitrogen and oxygen atoms in total. The van der Waals surface area contributed by atoms with Gasteiger partial charge in [0.05, 0.1) is 6.20 Å². The molecule has 1 fully saturated rings. The quantitative estimate of drug-likeness (QED) is 0.787. The van der Waals surface area contributed by atoms with Crippen LogP contribution in [0.15, 0.2) is 24.4 Å². The van der Waals surface area contributed by atoms with Gasteiger partial charge in [0, 0.05) is 18.0 Å². The maximum Gasteiger partial charge on any atom is 0.231 e. The Kier molecular flexibility index (Phi) is 4.92. The first-order chi connectivity index (χ1) is 11.3. The molecule has 0 saturated carbocycles. The lowest BCUT2D eigenvalue weighted by Crippen LogP contribution is -2.27. The monoisotopic (exact) mass is 350 g/mol. The normalized spacial score (nSPS) is 18.2. The van der Waals surface area contributed by atoms with Gasteiger partial charge in [-0.25, -0.2) is 0 Å². The molecule has 24 heavy (non-hydrogen) atoms. The molecule has 1 amide bonds. The molecular formula is C16H19ClN4O3. The van der Waals surface area contributed by atoms with E-state index in [1.54, 1.807) is 6.20 Å². The van der Waals surface area contributed by atoms with Gasteiger partial charge in [-0.05, 0) is 37.1 Å². The summed E-state index contributed by atoms with van der Waals surface area (Å²) in [7, 11) is 0. The smallest absolute Gasteiger partial charge is 0.231 e. The Morgan fingerprint density at radius 3 is 3.04 bits per heavy atom. The molecule has 1 aromatic carbocycles. The van der Waals surface area contributed by atoms with Gasteiger partial charge in [0.15, 0.2) is 11.5 Å². The van der Waals surface area contributed by atoms with Crippen LogP contribution < -0.4 is 20.1 Å². The molecule has 128 valence electrons. The predicted molar refractivity (Wildman–Crippen MR) is 91.7 cm³/mol. The molecule has 1 atom stereocenters. The molecule has 1 aromatic heterocycles. The average Bonchev–Trinajstić information content (AvgIpc) is 3.27. The third-order valence-electron chi connectivity index (χ3n) is 4.18. The van der Waals surface area contributed by atoms with Crippen LogP contribution in [0.5, 0.6) is 11.5 Å². The summed E-state index contributed by atoms with van der Waals surface area (Å²) in [6.45, 7) is 1.23. The molecule has 1 saturated heterocycles. The first-order valence-electron chi connectivity index (χ1n) is 7.76. The standard InChI is InChI=1S/C16H18N4O3.ClH/c21-15(7-11-2-1-5-17-11)19-16-12(8-18-20-16)10-3-4-13-14(6-10)23-9-22-13;/h3-4,6,8,11,17H,1-2,5,7,9H2,(H2,18,19,20,21);1H. The average molecular weight is 351 g/mol. The van der Waals surface area contributed by atoms with Crippen molar-refractivity contribution in [1.82, 2.24) is 15.5 Å². The summed E-state index contributed by atoms with van der Waals surface area (Å²) in [6.07, 6.45) is 4.34. The van der Waals surface area contributed by atoms with Crippen molar-refractivity contribution in [3.8, 4) is 22.6 Å². The highest BCUT2D eigenvalue weighted by Crippen LogP contribution is 2.37. The number of halogens is 1. The van der Waals surface area contributed by atoms with Gasteiger partial charge in [-0.1, -0.05) is 6.07 Å². The van der Waals surface area contributed by atoms with E-state index in [-0.39, 0.29) is 31.1 Å². The van der Waals surface area contributed by atoms with E-state index >= 15 is 0 Å². The van der Waals surface area contributed by atoms with Gasteiger partial charge < -0.3 is 20.1 Å². The largest absolute Gasteiger partial charge is 0.454 e. The number of anilines is 1. The van der Waals surface area contributed by atoms with Gasteiger partial charge in [-0.2, -0.15) is 5.10 Å². The molecule has 2 aliphatic rings. The molecule has 2 aliphatic heterocycles. The van der Waals surface area contributed by atoms with Crippen molar-refractivity contribution < 1.29 is 14.3 Å². The lowest BCUT2D eigenvalue weighted by atomic mass is 10.1. The number of ether oxygens (including phenoxy) is 2. The van der Waals surface area contributed by atoms with Crippen molar-refractivity contribution >= 4 is 24.1 Å². The fourth-order valence-electron chi connectivity index (χ4n) is 3.01. The van der Waals surface area contributed by atoms with Crippen molar-refractivity contribution in [3.05, 3.63) is 24.4 Å². The molecule has 3 N–H and O–H groups in total. The van der Waals surface area contributed by atoms with Gasteiger partial charge in [-0.15, -0.1) is 12.4 Å². The van der Waals surface area contributed by atoms with Crippen molar-refractivity contribution in [1.29, 1.82) is 0 Å². The third kappa shape index (κ3) is 3.32. The third-order valence-corrected chi connectivity index (χ3v) is 4.18. The molecule has 0 spiro atoms. The number of amides is 1. The summed E-state index contributed by atoms with van der Waals surface area (Å²) in [4.78, 5) is 12.2. The van der Waals surface area contributed by atoms with Crippen LogP contribution in [0.2, 0.25) is 0 Å². The molecular weight excluding hydrogens is 332 g/mol. The molecule has 4 rings (SSSR count). The fraction of sp³-hybridized carbons (Fsp3) is 0.375. The van der Waals surface area contributed by atoms with Crippen LogP contribution in [-0.2, 0) is 4.79 Å². The van der Waals surface area contributed by atoms with Crippen LogP contribution in [0.3, 0.4) is 0 Å². The lowest BCUT2D eigenvalue weighted by Gasteiger charge is -2.10. The molecule has 2 aromatic rings. The van der Waals surface area contributed by atoms with E-state index in [0.717, 1.165) is 36.3 Å². The van der Waals surface area contributed by atoms with Crippen LogP contribution >= 0.6 is 12.4 Å². The number of carbonyl (C=O) groups excluding carboxylic acids is 1. The zero-order valence-electron chi connectivity index (χ0n) is 13.0. The second kappa shape index (κ2) is 7.11. The Balaban J connectivity index is 0.00000169. The van der Waals surface area contributed by atoms with Crippen molar-refractivity contribution in [2.75, 3.05) is 18.7 Å². The SMILES string of the molecule is Cl.O=C(CC1CCCN1)Nc1[nH]ncc1-c1ccc2c(c1)OCO2. The highest BCUT2D eigenvalue weighted by atomic mass is 35.5. The lowest BCUT2D eigenvalue weighted by molar-refractivity contribution is -0.116. The van der Waals surface area contributed by atoms with Crippen LogP contribution in [0.25, 0.3) is 11.1 Å². The number of H-pyrrole nitrogens is 1. The van der Waals surface area contributed by atoms with Gasteiger partial charge in [-0.3, -0.25) is 9.89 Å². The van der Waals surface area contributed by atoms with Crippen LogP contribution in [0.1, 0.15) is 19.3 Å². The topological polar surface area (TPSA) is 88.3 Å². The zero-order valence-corrected chi connectivity index (χ0v) is 13.8. The Morgan fingerprint density at radius 1 is 1.33 bits per heavy atom. The number of benzene rings is 1. The number of fused-ring (bicyclic) bond motifs is 1. The number of aromatic amines is 1. The summed E-state index contributed by atoms with van der Waals surface area (Å²) >= 11 is 0. The van der Waals surface area contributed by atoms with Gasteiger partial charge >= 0.3 is 0 Å². The van der Waals surface area contributed by atoms with E-state index in [4.69, 9.17) is 9.47 Å². The second-order valence-electron chi connectivity index (χ2n) is 5.77. The maximum atomic E-state index is 12.2. The summed E-state index contributed by atoms with van der Waals surface area (Å²) < 4.78 is 10.7. The number of hydrogen-bond donors (Lipinski definition) is 3. The highest BCUT2D eigenvalue weighted by molar-refractivity contribution is 5.94. The van der Waals surface area contributed by atoms with Crippen molar-refractivity contribution in [2.45, 2.75) is 25.3 Å². The molecule has 0 radical (unpaired) electrons. The second-order valence-corrected chi connectivity index (χ2v) is 5.77. The number of nitrogens with one attached hydrogen (secondary N) is 3. The number of rotatable bonds is 4. The Morgan fingerprint density at radius 2 is 2.21 bits per heavy atom. The van der Waals surface area contributed by atoms with E-state index < -0.39 is 0 Å². The van der Waals surface area contributed by atoms with Gasteiger partial charge in [0.25, 0.3) is 0 Å². The number of carbonyl (C=O) groups is 1. The van der Waals surface area contributed by atoms with Crippen LogP contribution in [0, 0.1) is 0 Å². The number of nitrogens with zero attached hydrogens (tertiary/aromatic N) is 1. The summed E-state index contributed by atoms with van der Waals surface area (Å²) in [5.74, 6) is 2.02. The minimum Gasteiger partial charge on any atom is -0.454 e. The number of aromatic nitrogens is 2.